The van der Waals surface area contributed by atoms with Crippen LogP contribution < -0.4 is 0 Å². The molecule has 1 aliphatic rings. The molecular weight excluding hydrogens is 289 g/mol. The van der Waals surface area contributed by atoms with Gasteiger partial charge in [-0.2, -0.15) is 0 Å². The van der Waals surface area contributed by atoms with Crippen LogP contribution in [0.2, 0.25) is 10.0 Å². The van der Waals surface area contributed by atoms with Crippen molar-refractivity contribution in [1.82, 2.24) is 4.90 Å². The number of hydrogen-bond acceptors (Lipinski definition) is 3. The number of rotatable bonds is 3. The van der Waals surface area contributed by atoms with Crippen LogP contribution in [0.1, 0.15) is 5.56 Å². The van der Waals surface area contributed by atoms with Crippen LogP contribution in [-0.2, 0) is 9.59 Å². The third kappa shape index (κ3) is 2.25. The molecule has 1 aromatic rings. The first kappa shape index (κ1) is 13.6. The summed E-state index contributed by atoms with van der Waals surface area (Å²) in [7, 11) is 0. The Hall–Kier alpha value is -1.78. The van der Waals surface area contributed by atoms with Gasteiger partial charge in [0.05, 0.1) is 10.6 Å². The highest BCUT2D eigenvalue weighted by atomic mass is 35.5. The van der Waals surface area contributed by atoms with Gasteiger partial charge in [0, 0.05) is 17.1 Å². The molecule has 1 N–H and O–H groups in total. The average Bonchev–Trinajstić information content (AvgIpc) is 2.55. The van der Waals surface area contributed by atoms with Gasteiger partial charge in [0.2, 0.25) is 0 Å². The molecule has 0 fully saturated rings. The Balaban J connectivity index is 2.52. The minimum Gasteiger partial charge on any atom is -0.502 e. The fourth-order valence-corrected chi connectivity index (χ4v) is 2.30. The van der Waals surface area contributed by atoms with E-state index in [1.54, 1.807) is 0 Å². The zero-order valence-corrected chi connectivity index (χ0v) is 11.2. The molecular formula is C13H9Cl2NO3. The van der Waals surface area contributed by atoms with E-state index in [-0.39, 0.29) is 22.7 Å². The maximum atomic E-state index is 12.1. The first-order chi connectivity index (χ1) is 8.97. The third-order valence-corrected chi connectivity index (χ3v) is 3.20. The van der Waals surface area contributed by atoms with Crippen LogP contribution in [0.4, 0.5) is 0 Å². The second-order valence-corrected chi connectivity index (χ2v) is 4.70. The highest BCUT2D eigenvalue weighted by Gasteiger charge is 2.39. The summed E-state index contributed by atoms with van der Waals surface area (Å²) in [5.74, 6) is -1.98. The molecule has 0 unspecified atom stereocenters. The Morgan fingerprint density at radius 3 is 2.53 bits per heavy atom. The van der Waals surface area contributed by atoms with Crippen molar-refractivity contribution in [1.29, 1.82) is 0 Å². The van der Waals surface area contributed by atoms with E-state index >= 15 is 0 Å². The monoisotopic (exact) mass is 297 g/mol. The van der Waals surface area contributed by atoms with Gasteiger partial charge in [-0.25, -0.2) is 0 Å². The van der Waals surface area contributed by atoms with Crippen molar-refractivity contribution in [3.8, 4) is 0 Å². The van der Waals surface area contributed by atoms with Gasteiger partial charge in [-0.3, -0.25) is 14.5 Å². The fourth-order valence-electron chi connectivity index (χ4n) is 1.79. The van der Waals surface area contributed by atoms with Gasteiger partial charge >= 0.3 is 0 Å². The van der Waals surface area contributed by atoms with Crippen molar-refractivity contribution < 1.29 is 14.7 Å². The van der Waals surface area contributed by atoms with Crippen molar-refractivity contribution in [3.63, 3.8) is 0 Å². The molecule has 6 heteroatoms. The Morgan fingerprint density at radius 1 is 1.26 bits per heavy atom. The number of benzene rings is 1. The number of aliphatic hydroxyl groups excluding tert-OH is 1. The second-order valence-electron chi connectivity index (χ2n) is 3.86. The summed E-state index contributed by atoms with van der Waals surface area (Å²) in [5.41, 5.74) is 0.155. The topological polar surface area (TPSA) is 57.6 Å². The molecule has 0 saturated heterocycles. The van der Waals surface area contributed by atoms with Crippen LogP contribution in [-0.4, -0.2) is 28.4 Å². The van der Waals surface area contributed by atoms with E-state index in [1.807, 2.05) is 0 Å². The molecule has 0 radical (unpaired) electrons. The van der Waals surface area contributed by atoms with Gasteiger partial charge in [0.25, 0.3) is 11.8 Å². The van der Waals surface area contributed by atoms with Gasteiger partial charge in [-0.15, -0.1) is 6.58 Å². The molecule has 0 atom stereocenters. The highest BCUT2D eigenvalue weighted by molar-refractivity contribution is 6.40. The first-order valence-electron chi connectivity index (χ1n) is 5.33. The lowest BCUT2D eigenvalue weighted by atomic mass is 10.1. The number of imide groups is 1. The molecule has 2 amide bonds. The molecule has 0 bridgehead atoms. The van der Waals surface area contributed by atoms with Crippen LogP contribution in [0.25, 0.3) is 5.57 Å². The molecule has 2 rings (SSSR count). The molecule has 4 nitrogen and oxygen atoms in total. The van der Waals surface area contributed by atoms with Crippen molar-refractivity contribution in [2.24, 2.45) is 0 Å². The summed E-state index contributed by atoms with van der Waals surface area (Å²) >= 11 is 11.7. The maximum absolute atomic E-state index is 12.1. The van der Waals surface area contributed by atoms with E-state index in [0.29, 0.717) is 5.02 Å². The van der Waals surface area contributed by atoms with Crippen LogP contribution in [0.3, 0.4) is 0 Å². The van der Waals surface area contributed by atoms with E-state index in [1.165, 1.54) is 24.3 Å². The minimum absolute atomic E-state index is 0.0242. The van der Waals surface area contributed by atoms with Gasteiger partial charge in [-0.1, -0.05) is 35.3 Å². The standard InChI is InChI=1S/C13H9Cl2NO3/c1-2-5-16-12(18)10(11(17)13(16)19)8-4-3-7(14)6-9(8)15/h2-4,6,17H,1,5H2. The SMILES string of the molecule is C=CCN1C(=O)C(O)=C(c2ccc(Cl)cc2Cl)C1=O. The van der Waals surface area contributed by atoms with Crippen molar-refractivity contribution in [3.05, 3.63) is 52.2 Å². The normalized spacial score (nSPS) is 15.4. The lowest BCUT2D eigenvalue weighted by molar-refractivity contribution is -0.137. The quantitative estimate of drug-likeness (QED) is 0.689. The van der Waals surface area contributed by atoms with Crippen LogP contribution in [0.15, 0.2) is 36.6 Å². The molecule has 1 aliphatic heterocycles. The van der Waals surface area contributed by atoms with Crippen molar-refractivity contribution in [2.45, 2.75) is 0 Å². The zero-order chi connectivity index (χ0) is 14.2. The number of carbonyl (C=O) groups is 2. The fraction of sp³-hybridized carbons (Fsp3) is 0.0769. The van der Waals surface area contributed by atoms with Gasteiger partial charge < -0.3 is 5.11 Å². The predicted molar refractivity (Wildman–Crippen MR) is 72.9 cm³/mol. The van der Waals surface area contributed by atoms with Gasteiger partial charge in [0.15, 0.2) is 5.76 Å². The van der Waals surface area contributed by atoms with Gasteiger partial charge in [0.1, 0.15) is 0 Å². The number of aliphatic hydroxyl groups is 1. The van der Waals surface area contributed by atoms with E-state index in [0.717, 1.165) is 4.90 Å². The summed E-state index contributed by atoms with van der Waals surface area (Å²) in [6.07, 6.45) is 1.40. The van der Waals surface area contributed by atoms with E-state index in [4.69, 9.17) is 23.2 Å². The van der Waals surface area contributed by atoms with Crippen LogP contribution in [0, 0.1) is 0 Å². The molecule has 0 saturated carbocycles. The number of hydrogen-bond donors (Lipinski definition) is 1. The molecule has 98 valence electrons. The Kier molecular flexibility index (Phi) is 3.64. The first-order valence-corrected chi connectivity index (χ1v) is 6.08. The largest absolute Gasteiger partial charge is 0.502 e. The lowest BCUT2D eigenvalue weighted by Crippen LogP contribution is -2.31. The summed E-state index contributed by atoms with van der Waals surface area (Å²) < 4.78 is 0. The third-order valence-electron chi connectivity index (χ3n) is 2.66. The number of carbonyl (C=O) groups excluding carboxylic acids is 2. The molecule has 19 heavy (non-hydrogen) atoms. The Morgan fingerprint density at radius 2 is 1.95 bits per heavy atom. The number of halogens is 2. The van der Waals surface area contributed by atoms with E-state index in [2.05, 4.69) is 6.58 Å². The molecule has 0 aliphatic carbocycles. The molecule has 1 heterocycles. The number of amides is 2. The lowest BCUT2D eigenvalue weighted by Gasteiger charge is -2.11. The van der Waals surface area contributed by atoms with Gasteiger partial charge in [-0.05, 0) is 12.1 Å². The van der Waals surface area contributed by atoms with E-state index in [9.17, 15) is 14.7 Å². The van der Waals surface area contributed by atoms with Crippen molar-refractivity contribution >= 4 is 40.6 Å². The number of nitrogens with zero attached hydrogens (tertiary/aromatic N) is 1. The van der Waals surface area contributed by atoms with Crippen molar-refractivity contribution in [2.75, 3.05) is 6.54 Å². The Labute approximate surface area is 119 Å². The van der Waals surface area contributed by atoms with Crippen LogP contribution in [0.5, 0.6) is 0 Å². The predicted octanol–water partition coefficient (Wildman–Crippen LogP) is 2.82. The maximum Gasteiger partial charge on any atom is 0.296 e. The summed E-state index contributed by atoms with van der Waals surface area (Å²) in [6.45, 7) is 3.48. The summed E-state index contributed by atoms with van der Waals surface area (Å²) in [4.78, 5) is 24.7. The van der Waals surface area contributed by atoms with Crippen LogP contribution >= 0.6 is 23.2 Å². The summed E-state index contributed by atoms with van der Waals surface area (Å²) in [5, 5.41) is 10.4. The highest BCUT2D eigenvalue weighted by Crippen LogP contribution is 2.33. The van der Waals surface area contributed by atoms with E-state index < -0.39 is 17.6 Å². The molecule has 0 spiro atoms. The summed E-state index contributed by atoms with van der Waals surface area (Å²) in [6, 6.07) is 4.45. The molecule has 1 aromatic carbocycles. The second kappa shape index (κ2) is 5.07. The zero-order valence-electron chi connectivity index (χ0n) is 9.69. The smallest absolute Gasteiger partial charge is 0.296 e. The molecule has 0 aromatic heterocycles. The average molecular weight is 298 g/mol. The minimum atomic E-state index is -0.758. The Bertz CT molecular complexity index is 622.